The molecule has 12 rings (SSSR count). The van der Waals surface area contributed by atoms with E-state index in [0.717, 1.165) is 55.2 Å². The third-order valence-electron chi connectivity index (χ3n) is 12.0. The van der Waals surface area contributed by atoms with E-state index < -0.39 is 5.41 Å². The lowest BCUT2D eigenvalue weighted by Gasteiger charge is -2.30. The molecule has 0 atom stereocenters. The minimum atomic E-state index is -0.419. The second kappa shape index (κ2) is 11.9. The van der Waals surface area contributed by atoms with Crippen LogP contribution in [0.25, 0.3) is 77.5 Å². The van der Waals surface area contributed by atoms with E-state index in [9.17, 15) is 5.41 Å². The molecule has 2 aliphatic rings. The third kappa shape index (κ3) is 4.48. The number of aromatic nitrogens is 2. The summed E-state index contributed by atoms with van der Waals surface area (Å²) in [6.45, 7) is 0. The molecular weight excluding hydrogens is 697 g/mol. The molecule has 0 fully saturated rings. The van der Waals surface area contributed by atoms with Gasteiger partial charge in [-0.1, -0.05) is 152 Å². The summed E-state index contributed by atoms with van der Waals surface area (Å²) < 4.78 is 6.23. The summed E-state index contributed by atoms with van der Waals surface area (Å²) in [5.41, 5.74) is 17.4. The molecule has 1 spiro atoms. The highest BCUT2D eigenvalue weighted by Gasteiger charge is 2.51. The lowest BCUT2D eigenvalue weighted by molar-refractivity contribution is 0.669. The topological polar surface area (TPSA) is 78.0 Å². The molecule has 2 heterocycles. The number of nitrogens with zero attached hydrogens (tertiary/aromatic N) is 2. The van der Waals surface area contributed by atoms with Crippen LogP contribution in [-0.2, 0) is 5.41 Å². The van der Waals surface area contributed by atoms with Crippen LogP contribution in [-0.4, -0.2) is 15.8 Å². The fourth-order valence-electron chi connectivity index (χ4n) is 9.63. The number of fused-ring (bicyclic) bond motifs is 14. The minimum absolute atomic E-state index is 0.123. The second-order valence-electron chi connectivity index (χ2n) is 14.9. The van der Waals surface area contributed by atoms with Crippen LogP contribution < -0.4 is 5.62 Å². The fourth-order valence-corrected chi connectivity index (χ4v) is 9.63. The summed E-state index contributed by atoms with van der Waals surface area (Å²) in [5, 5.41) is 12.3. The third-order valence-corrected chi connectivity index (χ3v) is 12.0. The Balaban J connectivity index is 0.985. The zero-order valence-corrected chi connectivity index (χ0v) is 30.6. The maximum atomic E-state index is 9.29. The van der Waals surface area contributed by atoms with Crippen molar-refractivity contribution in [1.29, 1.82) is 5.41 Å². The first-order chi connectivity index (χ1) is 28.2. The number of nitrogens with one attached hydrogen (secondary N) is 2. The van der Waals surface area contributed by atoms with Crippen LogP contribution in [0.2, 0.25) is 0 Å². The Bertz CT molecular complexity index is 3340. The van der Waals surface area contributed by atoms with Crippen LogP contribution in [0.5, 0.6) is 0 Å². The average molecular weight is 729 g/mol. The summed E-state index contributed by atoms with van der Waals surface area (Å²) >= 11 is 0. The number of para-hydroxylation sites is 2. The molecule has 2 aromatic heterocycles. The lowest BCUT2D eigenvalue weighted by atomic mass is 9.70. The summed E-state index contributed by atoms with van der Waals surface area (Å²) in [6.07, 6.45) is 0. The van der Waals surface area contributed by atoms with Crippen molar-refractivity contribution in [2.24, 2.45) is 4.99 Å². The number of hydrogen-bond acceptors (Lipinski definition) is 3. The van der Waals surface area contributed by atoms with Gasteiger partial charge >= 0.3 is 0 Å². The average Bonchev–Trinajstić information content (AvgIpc) is 3.90. The number of furan rings is 1. The zero-order chi connectivity index (χ0) is 37.7. The van der Waals surface area contributed by atoms with Crippen LogP contribution >= 0.6 is 0 Å². The number of rotatable bonds is 3. The molecule has 0 bridgehead atoms. The Hall–Kier alpha value is -7.63. The van der Waals surface area contributed by atoms with Crippen molar-refractivity contribution >= 4 is 38.7 Å². The monoisotopic (exact) mass is 728 g/mol. The van der Waals surface area contributed by atoms with Crippen molar-refractivity contribution in [2.45, 2.75) is 5.41 Å². The Morgan fingerprint density at radius 3 is 1.84 bits per heavy atom. The molecule has 57 heavy (non-hydrogen) atoms. The number of aromatic amines is 1. The van der Waals surface area contributed by atoms with Gasteiger partial charge in [-0.15, -0.1) is 0 Å². The molecule has 0 aliphatic heterocycles. The van der Waals surface area contributed by atoms with Crippen LogP contribution in [0.1, 0.15) is 27.8 Å². The van der Waals surface area contributed by atoms with E-state index in [1.54, 1.807) is 0 Å². The fraction of sp³-hybridized carbons (Fsp3) is 0.0192. The van der Waals surface area contributed by atoms with Crippen molar-refractivity contribution in [2.75, 3.05) is 0 Å². The summed E-state index contributed by atoms with van der Waals surface area (Å²) in [5.74, 6) is 0.123. The summed E-state index contributed by atoms with van der Waals surface area (Å²) in [7, 11) is 0. The van der Waals surface area contributed by atoms with Crippen molar-refractivity contribution in [3.05, 3.63) is 215 Å². The molecule has 2 N–H and O–H groups in total. The molecule has 0 unspecified atom stereocenters. The van der Waals surface area contributed by atoms with Crippen LogP contribution in [0.3, 0.4) is 0 Å². The summed E-state index contributed by atoms with van der Waals surface area (Å²) in [4.78, 5) is 13.3. The molecule has 2 aliphatic carbocycles. The highest BCUT2D eigenvalue weighted by atomic mass is 16.3. The van der Waals surface area contributed by atoms with Crippen molar-refractivity contribution < 1.29 is 4.42 Å². The Labute approximate surface area is 327 Å². The first kappa shape index (κ1) is 31.7. The van der Waals surface area contributed by atoms with Gasteiger partial charge in [-0.2, -0.15) is 4.99 Å². The van der Waals surface area contributed by atoms with Gasteiger partial charge in [0.15, 0.2) is 5.84 Å². The maximum absolute atomic E-state index is 9.29. The van der Waals surface area contributed by atoms with Gasteiger partial charge in [0.05, 0.1) is 16.6 Å². The Morgan fingerprint density at radius 2 is 1.09 bits per heavy atom. The molecule has 0 radical (unpaired) electrons. The van der Waals surface area contributed by atoms with E-state index in [4.69, 9.17) is 14.4 Å². The van der Waals surface area contributed by atoms with E-state index in [0.29, 0.717) is 11.2 Å². The highest BCUT2D eigenvalue weighted by molar-refractivity contribution is 6.14. The predicted octanol–water partition coefficient (Wildman–Crippen LogP) is 12.1. The van der Waals surface area contributed by atoms with Crippen molar-refractivity contribution in [1.82, 2.24) is 9.97 Å². The standard InChI is InChI=1S/C52H32N4O/c53-50(56-51-54-45-24-9-4-18-38(45)49(55-51)40-20-12-26-47-48(40)39-19-5-10-25-46(39)57-47)33-14-11-13-31(29-33)32-27-28-37-36-17-3-8-23-43(36)52(44(37)30-32)41-21-6-1-15-34(41)35-16-2-7-22-42(35)52/h1-30H,(H2,53,54,55,56). The molecule has 0 saturated carbocycles. The first-order valence-electron chi connectivity index (χ1n) is 19.2. The van der Waals surface area contributed by atoms with E-state index >= 15 is 0 Å². The van der Waals surface area contributed by atoms with Gasteiger partial charge < -0.3 is 9.40 Å². The number of hydrogen-bond donors (Lipinski definition) is 2. The molecule has 0 saturated heterocycles. The molecular formula is C52H32N4O. The second-order valence-corrected chi connectivity index (χ2v) is 14.9. The maximum Gasteiger partial charge on any atom is 0.229 e. The molecule has 10 aromatic rings. The van der Waals surface area contributed by atoms with Gasteiger partial charge in [-0.05, 0) is 86.0 Å². The van der Waals surface area contributed by atoms with Gasteiger partial charge in [0.25, 0.3) is 0 Å². The van der Waals surface area contributed by atoms with Crippen LogP contribution in [0.4, 0.5) is 0 Å². The smallest absolute Gasteiger partial charge is 0.229 e. The largest absolute Gasteiger partial charge is 0.456 e. The SMILES string of the molecule is N=C(/N=c1/nc(-c2cccc3oc4ccccc4c23)c2ccccc2[nH]1)c1cccc(-c2ccc3c(c2)C2(c4ccccc4-c4ccccc42)c2ccccc2-3)c1. The zero-order valence-electron chi connectivity index (χ0n) is 30.6. The van der Waals surface area contributed by atoms with E-state index in [-0.39, 0.29) is 5.84 Å². The van der Waals surface area contributed by atoms with Gasteiger partial charge in [0, 0.05) is 27.3 Å². The van der Waals surface area contributed by atoms with Crippen LogP contribution in [0.15, 0.2) is 191 Å². The quantitative estimate of drug-likeness (QED) is 0.140. The number of amidine groups is 1. The van der Waals surface area contributed by atoms with E-state index in [2.05, 4.69) is 126 Å². The Morgan fingerprint density at radius 1 is 0.509 bits per heavy atom. The van der Waals surface area contributed by atoms with E-state index in [1.807, 2.05) is 60.7 Å². The normalized spacial score (nSPS) is 13.6. The number of H-pyrrole nitrogens is 1. The van der Waals surface area contributed by atoms with Gasteiger partial charge in [-0.3, -0.25) is 5.41 Å². The van der Waals surface area contributed by atoms with Crippen molar-refractivity contribution in [3.63, 3.8) is 0 Å². The van der Waals surface area contributed by atoms with E-state index in [1.165, 1.54) is 44.5 Å². The highest BCUT2D eigenvalue weighted by Crippen LogP contribution is 2.63. The number of benzene rings is 8. The van der Waals surface area contributed by atoms with Crippen LogP contribution in [0, 0.1) is 5.41 Å². The van der Waals surface area contributed by atoms with Gasteiger partial charge in [0.1, 0.15) is 11.2 Å². The summed E-state index contributed by atoms with van der Waals surface area (Å²) in [6, 6.07) is 63.9. The van der Waals surface area contributed by atoms with Crippen molar-refractivity contribution in [3.8, 4) is 44.6 Å². The first-order valence-corrected chi connectivity index (χ1v) is 19.2. The predicted molar refractivity (Wildman–Crippen MR) is 229 cm³/mol. The molecule has 8 aromatic carbocycles. The molecule has 5 nitrogen and oxygen atoms in total. The van der Waals surface area contributed by atoms with Gasteiger partial charge in [-0.25, -0.2) is 4.98 Å². The lowest BCUT2D eigenvalue weighted by Crippen LogP contribution is -2.25. The minimum Gasteiger partial charge on any atom is -0.456 e. The van der Waals surface area contributed by atoms with Gasteiger partial charge in [0.2, 0.25) is 5.62 Å². The molecule has 0 amide bonds. The molecule has 266 valence electrons. The molecule has 5 heteroatoms. The Kier molecular flexibility index (Phi) is 6.64.